The number of hydrogen-bond donors (Lipinski definition) is 1. The van der Waals surface area contributed by atoms with Crippen molar-refractivity contribution in [2.75, 3.05) is 32.8 Å². The van der Waals surface area contributed by atoms with Gasteiger partial charge in [0.05, 0.1) is 0 Å². The highest BCUT2D eigenvalue weighted by atomic mass is 16.5. The Bertz CT molecular complexity index is 253. The molecule has 0 bridgehead atoms. The third kappa shape index (κ3) is 2.67. The molecule has 98 valence electrons. The Hall–Kier alpha value is -0.120. The van der Waals surface area contributed by atoms with Gasteiger partial charge in [-0.25, -0.2) is 0 Å². The first-order valence-corrected chi connectivity index (χ1v) is 7.38. The summed E-state index contributed by atoms with van der Waals surface area (Å²) < 4.78 is 5.44. The van der Waals surface area contributed by atoms with E-state index in [-0.39, 0.29) is 0 Å². The lowest BCUT2D eigenvalue weighted by Gasteiger charge is -2.30. The highest BCUT2D eigenvalue weighted by Crippen LogP contribution is 2.36. The molecule has 2 N–H and O–H groups in total. The minimum atomic E-state index is 0.480. The van der Waals surface area contributed by atoms with E-state index >= 15 is 0 Å². The van der Waals surface area contributed by atoms with Gasteiger partial charge in [-0.2, -0.15) is 0 Å². The van der Waals surface area contributed by atoms with Crippen molar-refractivity contribution in [2.45, 2.75) is 38.1 Å². The second-order valence-corrected chi connectivity index (χ2v) is 6.29. The van der Waals surface area contributed by atoms with Crippen molar-refractivity contribution >= 4 is 0 Å². The predicted octanol–water partition coefficient (Wildman–Crippen LogP) is 1.47. The van der Waals surface area contributed by atoms with Crippen LogP contribution in [0.5, 0.6) is 0 Å². The summed E-state index contributed by atoms with van der Waals surface area (Å²) in [5, 5.41) is 0. The van der Waals surface area contributed by atoms with Gasteiger partial charge in [-0.15, -0.1) is 0 Å². The summed E-state index contributed by atoms with van der Waals surface area (Å²) in [5.41, 5.74) is 6.27. The number of nitrogens with two attached hydrogens (primary N) is 1. The summed E-state index contributed by atoms with van der Waals surface area (Å²) in [6.07, 6.45) is 6.55. The predicted molar refractivity (Wildman–Crippen MR) is 68.8 cm³/mol. The third-order valence-corrected chi connectivity index (χ3v) is 5.09. The molecule has 3 atom stereocenters. The molecule has 0 amide bonds. The fraction of sp³-hybridized carbons (Fsp3) is 1.00. The molecule has 0 aromatic carbocycles. The molecule has 2 aliphatic heterocycles. The van der Waals surface area contributed by atoms with E-state index in [0.29, 0.717) is 6.04 Å². The van der Waals surface area contributed by atoms with Gasteiger partial charge < -0.3 is 15.4 Å². The molecule has 0 spiro atoms. The molecule has 17 heavy (non-hydrogen) atoms. The maximum absolute atomic E-state index is 6.27. The van der Waals surface area contributed by atoms with E-state index in [2.05, 4.69) is 4.90 Å². The van der Waals surface area contributed by atoms with E-state index in [1.54, 1.807) is 0 Å². The molecule has 3 heteroatoms. The van der Waals surface area contributed by atoms with Gasteiger partial charge >= 0.3 is 0 Å². The van der Waals surface area contributed by atoms with Crippen molar-refractivity contribution in [3.8, 4) is 0 Å². The molecule has 3 unspecified atom stereocenters. The van der Waals surface area contributed by atoms with Crippen LogP contribution in [0.25, 0.3) is 0 Å². The smallest absolute Gasteiger partial charge is 0.0469 e. The normalized spacial score (nSPS) is 40.4. The average molecular weight is 238 g/mol. The van der Waals surface area contributed by atoms with Crippen LogP contribution in [0.15, 0.2) is 0 Å². The summed E-state index contributed by atoms with van der Waals surface area (Å²) in [7, 11) is 0. The first-order chi connectivity index (χ1) is 8.33. The van der Waals surface area contributed by atoms with Crippen LogP contribution in [-0.4, -0.2) is 43.8 Å². The van der Waals surface area contributed by atoms with Crippen molar-refractivity contribution in [3.63, 3.8) is 0 Å². The van der Waals surface area contributed by atoms with Gasteiger partial charge in [0, 0.05) is 38.9 Å². The lowest BCUT2D eigenvalue weighted by molar-refractivity contribution is 0.0548. The van der Waals surface area contributed by atoms with Crippen LogP contribution < -0.4 is 5.73 Å². The van der Waals surface area contributed by atoms with E-state index in [4.69, 9.17) is 10.5 Å². The molecule has 2 saturated heterocycles. The van der Waals surface area contributed by atoms with Crippen molar-refractivity contribution in [3.05, 3.63) is 0 Å². The third-order valence-electron chi connectivity index (χ3n) is 5.09. The zero-order chi connectivity index (χ0) is 11.7. The Balaban J connectivity index is 1.52. The number of fused-ring (bicyclic) bond motifs is 1. The molecule has 1 aliphatic carbocycles. The van der Waals surface area contributed by atoms with Crippen molar-refractivity contribution in [2.24, 2.45) is 23.5 Å². The summed E-state index contributed by atoms with van der Waals surface area (Å²) >= 11 is 0. The molecule has 0 aromatic heterocycles. The van der Waals surface area contributed by atoms with Crippen LogP contribution in [0.2, 0.25) is 0 Å². The Morgan fingerprint density at radius 2 is 1.88 bits per heavy atom. The molecule has 3 aliphatic rings. The first-order valence-electron chi connectivity index (χ1n) is 7.38. The highest BCUT2D eigenvalue weighted by Gasteiger charge is 2.39. The van der Waals surface area contributed by atoms with Gasteiger partial charge in [0.2, 0.25) is 0 Å². The van der Waals surface area contributed by atoms with E-state index in [1.165, 1.54) is 51.7 Å². The maximum atomic E-state index is 6.27. The van der Waals surface area contributed by atoms with Gasteiger partial charge in [-0.05, 0) is 43.4 Å². The largest absolute Gasteiger partial charge is 0.381 e. The number of likely N-dealkylation sites (tertiary alicyclic amines) is 1. The van der Waals surface area contributed by atoms with Gasteiger partial charge in [-0.1, -0.05) is 6.42 Å². The molecule has 0 radical (unpaired) electrons. The molecular formula is C14H26N2O. The maximum Gasteiger partial charge on any atom is 0.0469 e. The molecule has 3 nitrogen and oxygen atoms in total. The summed E-state index contributed by atoms with van der Waals surface area (Å²) in [4.78, 5) is 2.69. The van der Waals surface area contributed by atoms with Crippen LogP contribution in [0, 0.1) is 17.8 Å². The van der Waals surface area contributed by atoms with Gasteiger partial charge in [0.1, 0.15) is 0 Å². The van der Waals surface area contributed by atoms with Crippen LogP contribution in [0.4, 0.5) is 0 Å². The number of nitrogens with zero attached hydrogens (tertiary/aromatic N) is 1. The number of hydrogen-bond acceptors (Lipinski definition) is 3. The average Bonchev–Trinajstić information content (AvgIpc) is 2.74. The monoisotopic (exact) mass is 238 g/mol. The van der Waals surface area contributed by atoms with Crippen LogP contribution >= 0.6 is 0 Å². The first kappa shape index (κ1) is 11.9. The molecule has 3 fully saturated rings. The molecule has 0 aromatic rings. The zero-order valence-corrected chi connectivity index (χ0v) is 10.8. The van der Waals surface area contributed by atoms with Gasteiger partial charge in [-0.3, -0.25) is 0 Å². The van der Waals surface area contributed by atoms with Crippen molar-refractivity contribution in [1.29, 1.82) is 0 Å². The Labute approximate surface area is 105 Å². The van der Waals surface area contributed by atoms with Crippen molar-refractivity contribution in [1.82, 2.24) is 4.90 Å². The standard InChI is InChI=1S/C14H26N2O/c15-14-3-1-2-12-9-16(10-13(12)14)8-11-4-6-17-7-5-11/h11-14H,1-10,15H2. The summed E-state index contributed by atoms with van der Waals surface area (Å²) in [5.74, 6) is 2.57. The Morgan fingerprint density at radius 1 is 1.06 bits per heavy atom. The lowest BCUT2D eigenvalue weighted by Crippen LogP contribution is -2.38. The Kier molecular flexibility index (Phi) is 3.69. The van der Waals surface area contributed by atoms with Crippen LogP contribution in [0.1, 0.15) is 32.1 Å². The van der Waals surface area contributed by atoms with Gasteiger partial charge in [0.15, 0.2) is 0 Å². The quantitative estimate of drug-likeness (QED) is 0.792. The van der Waals surface area contributed by atoms with E-state index in [1.807, 2.05) is 0 Å². The molecule has 2 heterocycles. The molecule has 1 saturated carbocycles. The van der Waals surface area contributed by atoms with E-state index in [9.17, 15) is 0 Å². The fourth-order valence-electron chi connectivity index (χ4n) is 4.05. The van der Waals surface area contributed by atoms with E-state index in [0.717, 1.165) is 31.0 Å². The van der Waals surface area contributed by atoms with Crippen molar-refractivity contribution < 1.29 is 4.74 Å². The minimum absolute atomic E-state index is 0.480. The highest BCUT2D eigenvalue weighted by molar-refractivity contribution is 4.93. The summed E-state index contributed by atoms with van der Waals surface area (Å²) in [6, 6.07) is 0.480. The topological polar surface area (TPSA) is 38.5 Å². The SMILES string of the molecule is NC1CCCC2CN(CC3CCOCC3)CC12. The second-order valence-electron chi connectivity index (χ2n) is 6.29. The fourth-order valence-corrected chi connectivity index (χ4v) is 4.05. The second kappa shape index (κ2) is 5.25. The Morgan fingerprint density at radius 3 is 2.65 bits per heavy atom. The molecular weight excluding hydrogens is 212 g/mol. The number of rotatable bonds is 2. The zero-order valence-electron chi connectivity index (χ0n) is 10.8. The van der Waals surface area contributed by atoms with Gasteiger partial charge in [0.25, 0.3) is 0 Å². The molecule has 3 rings (SSSR count). The van der Waals surface area contributed by atoms with Crippen LogP contribution in [-0.2, 0) is 4.74 Å². The number of ether oxygens (including phenoxy) is 1. The summed E-state index contributed by atoms with van der Waals surface area (Å²) in [6.45, 7) is 5.83. The van der Waals surface area contributed by atoms with E-state index < -0.39 is 0 Å². The lowest BCUT2D eigenvalue weighted by atomic mass is 9.78. The van der Waals surface area contributed by atoms with Crippen LogP contribution in [0.3, 0.4) is 0 Å². The minimum Gasteiger partial charge on any atom is -0.381 e.